The normalized spacial score (nSPS) is 8.62. The average Bonchev–Trinajstić information content (AvgIpc) is 2.08. The Labute approximate surface area is 86.2 Å². The smallest absolute Gasteiger partial charge is 0.255 e. The lowest BCUT2D eigenvalue weighted by Crippen LogP contribution is -1.63. The van der Waals surface area contributed by atoms with Crippen LogP contribution in [0.25, 0.3) is 0 Å². The van der Waals surface area contributed by atoms with E-state index in [1.54, 1.807) is 0 Å². The third-order valence-corrected chi connectivity index (χ3v) is 0.667. The fourth-order valence-corrected chi connectivity index (χ4v) is 0.385. The van der Waals surface area contributed by atoms with Gasteiger partial charge in [-0.3, -0.25) is 4.39 Å². The zero-order valence-electron chi connectivity index (χ0n) is 6.82. The number of alkyl halides is 1. The van der Waals surface area contributed by atoms with Crippen molar-refractivity contribution in [3.8, 4) is 0 Å². The van der Waals surface area contributed by atoms with E-state index in [0.29, 0.717) is 7.18 Å². The van der Waals surface area contributed by atoms with Gasteiger partial charge < -0.3 is 0 Å². The zero-order chi connectivity index (χ0) is 10.7. The molecule has 0 saturated heterocycles. The van der Waals surface area contributed by atoms with Crippen LogP contribution in [-0.2, 0) is 8.26 Å². The molecule has 1 rings (SSSR count). The summed E-state index contributed by atoms with van der Waals surface area (Å²) in [4.78, 5) is 0. The highest BCUT2D eigenvalue weighted by molar-refractivity contribution is 8.31. The predicted octanol–water partition coefficient (Wildman–Crippen LogP) is 2.98. The van der Waals surface area contributed by atoms with E-state index < -0.39 is 8.26 Å². The van der Waals surface area contributed by atoms with E-state index in [9.17, 15) is 4.39 Å². The second-order valence-corrected chi connectivity index (χ2v) is 5.20. The van der Waals surface area contributed by atoms with E-state index in [4.69, 9.17) is 8.42 Å². The predicted molar refractivity (Wildman–Crippen MR) is 54.1 cm³/mol. The van der Waals surface area contributed by atoms with Crippen LogP contribution in [0.3, 0.4) is 0 Å². The number of benzene rings is 1. The van der Waals surface area contributed by atoms with Crippen molar-refractivity contribution < 1.29 is 12.8 Å². The van der Waals surface area contributed by atoms with Crippen molar-refractivity contribution in [3.05, 3.63) is 36.4 Å². The third-order valence-electron chi connectivity index (χ3n) is 0.667. The van der Waals surface area contributed by atoms with E-state index in [-0.39, 0.29) is 0 Å². The van der Waals surface area contributed by atoms with Crippen molar-refractivity contribution in [2.75, 3.05) is 7.18 Å². The molecule has 6 heteroatoms. The topological polar surface area (TPSA) is 34.1 Å². The van der Waals surface area contributed by atoms with Gasteiger partial charge in [-0.05, 0) is 0 Å². The number of rotatable bonds is 0. The highest BCUT2D eigenvalue weighted by atomic mass is 36.0. The van der Waals surface area contributed by atoms with Gasteiger partial charge in [0.1, 0.15) is 0 Å². The molecule has 0 spiro atoms. The van der Waals surface area contributed by atoms with Gasteiger partial charge in [0.15, 0.2) is 0 Å². The molecule has 13 heavy (non-hydrogen) atoms. The monoisotopic (exact) mass is 246 g/mol. The van der Waals surface area contributed by atoms with Crippen LogP contribution in [0.15, 0.2) is 36.4 Å². The molecule has 76 valence electrons. The van der Waals surface area contributed by atoms with Gasteiger partial charge in [-0.25, -0.2) is 0 Å². The third kappa shape index (κ3) is 33.9. The molecule has 0 aliphatic carbocycles. The Morgan fingerprint density at radius 3 is 1.00 bits per heavy atom. The first kappa shape index (κ1) is 15.2. The maximum absolute atomic E-state index is 9.50. The first-order valence-corrected chi connectivity index (χ1v) is 6.16. The summed E-state index contributed by atoms with van der Waals surface area (Å²) in [5.74, 6) is 0. The maximum atomic E-state index is 9.50. The summed E-state index contributed by atoms with van der Waals surface area (Å²) in [5, 5.41) is 0. The molecule has 0 unspecified atom stereocenters. The van der Waals surface area contributed by atoms with Gasteiger partial charge in [0.2, 0.25) is 0 Å². The molecule has 0 saturated carbocycles. The SMILES string of the molecule is CF.O=S(=O)(Cl)Cl.c1ccccc1. The molecule has 0 atom stereocenters. The summed E-state index contributed by atoms with van der Waals surface area (Å²) in [6, 6.07) is 12.0. The van der Waals surface area contributed by atoms with Crippen molar-refractivity contribution in [2.45, 2.75) is 0 Å². The van der Waals surface area contributed by atoms with E-state index >= 15 is 0 Å². The number of halogens is 3. The summed E-state index contributed by atoms with van der Waals surface area (Å²) >= 11 is 0. The van der Waals surface area contributed by atoms with Crippen LogP contribution in [0, 0.1) is 0 Å². The highest BCUT2D eigenvalue weighted by Gasteiger charge is 1.88. The molecule has 0 bridgehead atoms. The van der Waals surface area contributed by atoms with Crippen molar-refractivity contribution in [2.24, 2.45) is 0 Å². The minimum absolute atomic E-state index is 0.500. The first-order valence-electron chi connectivity index (χ1n) is 3.02. The van der Waals surface area contributed by atoms with E-state index in [1.165, 1.54) is 0 Å². The number of hydrogen-bond acceptors (Lipinski definition) is 2. The second-order valence-electron chi connectivity index (χ2n) is 1.53. The molecule has 1 aromatic rings. The van der Waals surface area contributed by atoms with Gasteiger partial charge in [0.25, 0.3) is 0 Å². The fourth-order valence-electron chi connectivity index (χ4n) is 0.385. The van der Waals surface area contributed by atoms with Crippen LogP contribution in [0.4, 0.5) is 4.39 Å². The minimum Gasteiger partial charge on any atom is -0.255 e. The van der Waals surface area contributed by atoms with Gasteiger partial charge in [-0.1, -0.05) is 36.4 Å². The molecule has 0 N–H and O–H groups in total. The Kier molecular flexibility index (Phi) is 11.4. The minimum atomic E-state index is -3.72. The summed E-state index contributed by atoms with van der Waals surface area (Å²) in [5.41, 5.74) is 0. The maximum Gasteiger partial charge on any atom is 0.317 e. The Morgan fingerprint density at radius 2 is 0.923 bits per heavy atom. The van der Waals surface area contributed by atoms with Crippen LogP contribution >= 0.6 is 21.4 Å². The van der Waals surface area contributed by atoms with Crippen molar-refractivity contribution in [1.82, 2.24) is 0 Å². The van der Waals surface area contributed by atoms with Crippen LogP contribution < -0.4 is 0 Å². The molecule has 0 aromatic heterocycles. The molecular weight excluding hydrogens is 238 g/mol. The van der Waals surface area contributed by atoms with Crippen molar-refractivity contribution in [1.29, 1.82) is 0 Å². The second kappa shape index (κ2) is 9.77. The lowest BCUT2D eigenvalue weighted by molar-refractivity contribution is 0.621. The summed E-state index contributed by atoms with van der Waals surface area (Å²) in [6.07, 6.45) is 0. The molecule has 2 nitrogen and oxygen atoms in total. The Bertz CT molecular complexity index is 241. The molecule has 0 fully saturated rings. The molecule has 1 aromatic carbocycles. The van der Waals surface area contributed by atoms with E-state index in [1.807, 2.05) is 36.4 Å². The molecular formula is C7H9Cl2FO2S. The molecule has 0 aliphatic heterocycles. The average molecular weight is 247 g/mol. The molecule has 0 aliphatic rings. The molecule has 0 radical (unpaired) electrons. The summed E-state index contributed by atoms with van der Waals surface area (Å²) < 4.78 is 27.8. The standard InChI is InChI=1S/C6H6.CH3F.Cl2O2S/c1-2-4-6-5-3-1;1-2;1-5(2,3)4/h1-6H;1H3;. The van der Waals surface area contributed by atoms with Gasteiger partial charge in [0.05, 0.1) is 7.18 Å². The van der Waals surface area contributed by atoms with Gasteiger partial charge in [0, 0.05) is 21.4 Å². The summed E-state index contributed by atoms with van der Waals surface area (Å²) in [7, 11) is 5.31. The highest BCUT2D eigenvalue weighted by Crippen LogP contribution is 1.98. The lowest BCUT2D eigenvalue weighted by Gasteiger charge is -1.69. The fraction of sp³-hybridized carbons (Fsp3) is 0.143. The largest absolute Gasteiger partial charge is 0.317 e. The molecule has 0 amide bonds. The Morgan fingerprint density at radius 1 is 0.846 bits per heavy atom. The van der Waals surface area contributed by atoms with Crippen LogP contribution in [0.5, 0.6) is 0 Å². The summed E-state index contributed by atoms with van der Waals surface area (Å²) in [6.45, 7) is 0. The Balaban J connectivity index is 0. The van der Waals surface area contributed by atoms with Crippen LogP contribution in [0.2, 0.25) is 0 Å². The Hall–Kier alpha value is -0.320. The first-order chi connectivity index (χ1) is 6.00. The van der Waals surface area contributed by atoms with Crippen LogP contribution in [0.1, 0.15) is 0 Å². The van der Waals surface area contributed by atoms with Gasteiger partial charge in [-0.2, -0.15) is 8.42 Å². The lowest BCUT2D eigenvalue weighted by atomic mass is 10.4. The zero-order valence-corrected chi connectivity index (χ0v) is 9.15. The van der Waals surface area contributed by atoms with Crippen LogP contribution in [-0.4, -0.2) is 15.6 Å². The van der Waals surface area contributed by atoms with E-state index in [0.717, 1.165) is 0 Å². The van der Waals surface area contributed by atoms with Gasteiger partial charge >= 0.3 is 8.26 Å². The number of hydrogen-bond donors (Lipinski definition) is 0. The quantitative estimate of drug-likeness (QED) is 0.660. The van der Waals surface area contributed by atoms with E-state index in [2.05, 4.69) is 21.4 Å². The van der Waals surface area contributed by atoms with Crippen molar-refractivity contribution in [3.63, 3.8) is 0 Å². The van der Waals surface area contributed by atoms with Gasteiger partial charge in [-0.15, -0.1) is 0 Å². The van der Waals surface area contributed by atoms with Crippen molar-refractivity contribution >= 4 is 29.6 Å². The molecule has 0 heterocycles.